The van der Waals surface area contributed by atoms with Crippen molar-refractivity contribution in [3.8, 4) is 17.2 Å². The van der Waals surface area contributed by atoms with Gasteiger partial charge in [-0.15, -0.1) is 0 Å². The van der Waals surface area contributed by atoms with Gasteiger partial charge in [-0.3, -0.25) is 0 Å². The monoisotopic (exact) mass is 351 g/mol. The van der Waals surface area contributed by atoms with Gasteiger partial charge in [0.25, 0.3) is 0 Å². The van der Waals surface area contributed by atoms with Crippen molar-refractivity contribution in [3.63, 3.8) is 0 Å². The van der Waals surface area contributed by atoms with Crippen LogP contribution in [0.2, 0.25) is 0 Å². The predicted molar refractivity (Wildman–Crippen MR) is 87.4 cm³/mol. The largest absolute Gasteiger partial charge is 0.507 e. The van der Waals surface area contributed by atoms with Crippen molar-refractivity contribution in [2.75, 3.05) is 19.5 Å². The Morgan fingerprint density at radius 3 is 2.38 bits per heavy atom. The summed E-state index contributed by atoms with van der Waals surface area (Å²) >= 11 is 3.45. The van der Waals surface area contributed by atoms with Gasteiger partial charge >= 0.3 is 0 Å². The molecule has 0 radical (unpaired) electrons. The molecule has 0 amide bonds. The van der Waals surface area contributed by atoms with Crippen molar-refractivity contribution in [2.24, 2.45) is 0 Å². The fourth-order valence-electron chi connectivity index (χ4n) is 2.11. The Hall–Kier alpha value is -1.88. The van der Waals surface area contributed by atoms with E-state index in [2.05, 4.69) is 21.2 Å². The number of ether oxygens (including phenoxy) is 2. The molecule has 1 atom stereocenters. The summed E-state index contributed by atoms with van der Waals surface area (Å²) in [5.74, 6) is 1.60. The molecule has 112 valence electrons. The van der Waals surface area contributed by atoms with E-state index in [-0.39, 0.29) is 11.8 Å². The fraction of sp³-hybridized carbons (Fsp3) is 0.250. The van der Waals surface area contributed by atoms with E-state index in [1.165, 1.54) is 0 Å². The first-order valence-electron chi connectivity index (χ1n) is 6.51. The minimum absolute atomic E-state index is 0.0603. The van der Waals surface area contributed by atoms with Crippen LogP contribution in [0.15, 0.2) is 40.9 Å². The average molecular weight is 352 g/mol. The highest BCUT2D eigenvalue weighted by molar-refractivity contribution is 9.10. The van der Waals surface area contributed by atoms with E-state index in [4.69, 9.17) is 9.47 Å². The molecule has 0 aromatic heterocycles. The van der Waals surface area contributed by atoms with Gasteiger partial charge in [-0.1, -0.05) is 15.9 Å². The lowest BCUT2D eigenvalue weighted by atomic mass is 10.1. The lowest BCUT2D eigenvalue weighted by molar-refractivity contribution is 0.406. The molecule has 0 aliphatic carbocycles. The molecular weight excluding hydrogens is 334 g/mol. The first-order valence-corrected chi connectivity index (χ1v) is 7.31. The summed E-state index contributed by atoms with van der Waals surface area (Å²) in [6.45, 7) is 1.98. The number of anilines is 1. The van der Waals surface area contributed by atoms with Gasteiger partial charge < -0.3 is 19.9 Å². The quantitative estimate of drug-likeness (QED) is 0.840. The minimum Gasteiger partial charge on any atom is -0.507 e. The zero-order chi connectivity index (χ0) is 15.4. The summed E-state index contributed by atoms with van der Waals surface area (Å²) in [5, 5.41) is 13.4. The smallest absolute Gasteiger partial charge is 0.124 e. The summed E-state index contributed by atoms with van der Waals surface area (Å²) in [4.78, 5) is 0. The Morgan fingerprint density at radius 1 is 1.05 bits per heavy atom. The standard InChI is InChI=1S/C16H18BrNO3/c1-10(15-5-4-13(20-2)9-16(15)19)18-12-6-11(17)7-14(8-12)21-3/h4-10,18-19H,1-3H3. The SMILES string of the molecule is COc1cc(Br)cc(NC(C)c2ccc(OC)cc2O)c1. The third kappa shape index (κ3) is 3.82. The van der Waals surface area contributed by atoms with Crippen LogP contribution in [0.1, 0.15) is 18.5 Å². The number of nitrogens with one attached hydrogen (secondary N) is 1. The number of halogens is 1. The lowest BCUT2D eigenvalue weighted by Crippen LogP contribution is -2.07. The Labute approximate surface area is 132 Å². The van der Waals surface area contributed by atoms with Crippen molar-refractivity contribution in [3.05, 3.63) is 46.4 Å². The second kappa shape index (κ2) is 6.72. The highest BCUT2D eigenvalue weighted by atomic mass is 79.9. The van der Waals surface area contributed by atoms with Crippen molar-refractivity contribution in [2.45, 2.75) is 13.0 Å². The first kappa shape index (κ1) is 15.5. The molecule has 0 aliphatic rings. The highest BCUT2D eigenvalue weighted by Crippen LogP contribution is 2.32. The summed E-state index contributed by atoms with van der Waals surface area (Å²) in [6.07, 6.45) is 0. The molecule has 0 fully saturated rings. The van der Waals surface area contributed by atoms with Crippen LogP contribution in [0.5, 0.6) is 17.2 Å². The van der Waals surface area contributed by atoms with Gasteiger partial charge in [0.05, 0.1) is 20.3 Å². The number of hydrogen-bond acceptors (Lipinski definition) is 4. The molecule has 21 heavy (non-hydrogen) atoms. The Bertz CT molecular complexity index is 631. The second-order valence-corrected chi connectivity index (χ2v) is 5.59. The highest BCUT2D eigenvalue weighted by Gasteiger charge is 2.12. The summed E-state index contributed by atoms with van der Waals surface area (Å²) in [6, 6.07) is 11.0. The zero-order valence-electron chi connectivity index (χ0n) is 12.2. The Morgan fingerprint density at radius 2 is 1.76 bits per heavy atom. The van der Waals surface area contributed by atoms with Crippen molar-refractivity contribution < 1.29 is 14.6 Å². The number of methoxy groups -OCH3 is 2. The lowest BCUT2D eigenvalue weighted by Gasteiger charge is -2.18. The average Bonchev–Trinajstić information content (AvgIpc) is 2.46. The van der Waals surface area contributed by atoms with E-state index >= 15 is 0 Å². The first-order chi connectivity index (χ1) is 10.0. The molecule has 2 aromatic carbocycles. The summed E-state index contributed by atoms with van der Waals surface area (Å²) < 4.78 is 11.3. The number of rotatable bonds is 5. The Kier molecular flexibility index (Phi) is 4.96. The van der Waals surface area contributed by atoms with Crippen LogP contribution in [-0.4, -0.2) is 19.3 Å². The third-order valence-corrected chi connectivity index (χ3v) is 3.65. The van der Waals surface area contributed by atoms with Crippen LogP contribution in [0.3, 0.4) is 0 Å². The molecule has 0 heterocycles. The van der Waals surface area contributed by atoms with Gasteiger partial charge in [-0.2, -0.15) is 0 Å². The molecular formula is C16H18BrNO3. The van der Waals surface area contributed by atoms with Gasteiger partial charge in [0, 0.05) is 27.9 Å². The van der Waals surface area contributed by atoms with Crippen molar-refractivity contribution in [1.29, 1.82) is 0 Å². The number of phenolic OH excluding ortho intramolecular Hbond substituents is 1. The molecule has 1 unspecified atom stereocenters. The number of hydrogen-bond donors (Lipinski definition) is 2. The van der Waals surface area contributed by atoms with E-state index in [0.717, 1.165) is 21.5 Å². The molecule has 5 heteroatoms. The van der Waals surface area contributed by atoms with Crippen molar-refractivity contribution >= 4 is 21.6 Å². The van der Waals surface area contributed by atoms with E-state index in [1.807, 2.05) is 37.3 Å². The van der Waals surface area contributed by atoms with E-state index in [9.17, 15) is 5.11 Å². The summed E-state index contributed by atoms with van der Waals surface area (Å²) in [5.41, 5.74) is 1.71. The zero-order valence-corrected chi connectivity index (χ0v) is 13.8. The topological polar surface area (TPSA) is 50.7 Å². The Balaban J connectivity index is 2.21. The van der Waals surface area contributed by atoms with Crippen LogP contribution >= 0.6 is 15.9 Å². The van der Waals surface area contributed by atoms with Crippen molar-refractivity contribution in [1.82, 2.24) is 0 Å². The molecule has 0 saturated heterocycles. The van der Waals surface area contributed by atoms with Crippen LogP contribution in [0.4, 0.5) is 5.69 Å². The van der Waals surface area contributed by atoms with Crippen LogP contribution in [0, 0.1) is 0 Å². The van der Waals surface area contributed by atoms with Crippen LogP contribution < -0.4 is 14.8 Å². The third-order valence-electron chi connectivity index (χ3n) is 3.19. The van der Waals surface area contributed by atoms with Gasteiger partial charge in [0.2, 0.25) is 0 Å². The van der Waals surface area contributed by atoms with E-state index in [0.29, 0.717) is 5.75 Å². The predicted octanol–water partition coefficient (Wildman–Crippen LogP) is 4.35. The van der Waals surface area contributed by atoms with Gasteiger partial charge in [0.1, 0.15) is 17.2 Å². The maximum atomic E-state index is 10.1. The number of aromatic hydroxyl groups is 1. The van der Waals surface area contributed by atoms with E-state index < -0.39 is 0 Å². The minimum atomic E-state index is -0.0603. The van der Waals surface area contributed by atoms with E-state index in [1.54, 1.807) is 20.3 Å². The molecule has 2 rings (SSSR count). The molecule has 0 aliphatic heterocycles. The molecule has 0 spiro atoms. The van der Waals surface area contributed by atoms with Crippen LogP contribution in [0.25, 0.3) is 0 Å². The van der Waals surface area contributed by atoms with Gasteiger partial charge in [-0.05, 0) is 31.2 Å². The van der Waals surface area contributed by atoms with Crippen LogP contribution in [-0.2, 0) is 0 Å². The maximum absolute atomic E-state index is 10.1. The normalized spacial score (nSPS) is 11.8. The van der Waals surface area contributed by atoms with Gasteiger partial charge in [0.15, 0.2) is 0 Å². The maximum Gasteiger partial charge on any atom is 0.124 e. The fourth-order valence-corrected chi connectivity index (χ4v) is 2.58. The number of phenols is 1. The van der Waals surface area contributed by atoms with Gasteiger partial charge in [-0.25, -0.2) is 0 Å². The number of benzene rings is 2. The summed E-state index contributed by atoms with van der Waals surface area (Å²) in [7, 11) is 3.20. The molecule has 2 N–H and O–H groups in total. The molecule has 0 saturated carbocycles. The molecule has 0 bridgehead atoms. The second-order valence-electron chi connectivity index (χ2n) is 4.67. The molecule has 4 nitrogen and oxygen atoms in total. The molecule has 2 aromatic rings.